The molecule has 0 aliphatic carbocycles. The topological polar surface area (TPSA) is 64.6 Å². The van der Waals surface area contributed by atoms with E-state index in [9.17, 15) is 9.59 Å². The van der Waals surface area contributed by atoms with Gasteiger partial charge in [0.1, 0.15) is 6.04 Å². The summed E-state index contributed by atoms with van der Waals surface area (Å²) in [6.07, 6.45) is 7.65. The first-order valence-electron chi connectivity index (χ1n) is 9.40. The minimum atomic E-state index is -0.623. The standard InChI is InChI=1S/C19H37NO4/c1-6-8-9-10-11-12-14-23-17(21)16(13-7-2)20-18(22)24-15-19(3,4)5/h16H,6-15H2,1-5H3,(H,20,22). The van der Waals surface area contributed by atoms with Crippen LogP contribution in [-0.4, -0.2) is 31.3 Å². The third-order valence-electron chi connectivity index (χ3n) is 3.53. The highest BCUT2D eigenvalue weighted by Gasteiger charge is 2.23. The molecule has 0 saturated heterocycles. The second kappa shape index (κ2) is 13.1. The first-order valence-corrected chi connectivity index (χ1v) is 9.40. The fourth-order valence-corrected chi connectivity index (χ4v) is 2.16. The summed E-state index contributed by atoms with van der Waals surface area (Å²) in [6, 6.07) is -0.623. The van der Waals surface area contributed by atoms with Crippen LogP contribution >= 0.6 is 0 Å². The van der Waals surface area contributed by atoms with E-state index >= 15 is 0 Å². The van der Waals surface area contributed by atoms with Gasteiger partial charge in [-0.1, -0.05) is 73.1 Å². The van der Waals surface area contributed by atoms with Crippen LogP contribution < -0.4 is 5.32 Å². The average molecular weight is 344 g/mol. The van der Waals surface area contributed by atoms with Crippen molar-refractivity contribution in [2.45, 2.75) is 92.0 Å². The van der Waals surface area contributed by atoms with Crippen molar-refractivity contribution in [2.75, 3.05) is 13.2 Å². The number of amides is 1. The molecule has 0 aromatic carbocycles. The fourth-order valence-electron chi connectivity index (χ4n) is 2.16. The number of carbonyl (C=O) groups excluding carboxylic acids is 2. The van der Waals surface area contributed by atoms with Gasteiger partial charge in [-0.15, -0.1) is 0 Å². The Kier molecular flexibility index (Phi) is 12.4. The molecule has 24 heavy (non-hydrogen) atoms. The van der Waals surface area contributed by atoms with Crippen molar-refractivity contribution in [1.82, 2.24) is 5.32 Å². The van der Waals surface area contributed by atoms with Gasteiger partial charge in [-0.3, -0.25) is 0 Å². The molecular formula is C19H37NO4. The Hall–Kier alpha value is -1.26. The first kappa shape index (κ1) is 22.7. The van der Waals surface area contributed by atoms with Crippen LogP contribution in [0.15, 0.2) is 0 Å². The van der Waals surface area contributed by atoms with Crippen LogP contribution in [0.3, 0.4) is 0 Å². The van der Waals surface area contributed by atoms with E-state index in [1.54, 1.807) is 0 Å². The highest BCUT2D eigenvalue weighted by Crippen LogP contribution is 2.13. The largest absolute Gasteiger partial charge is 0.464 e. The molecule has 0 aromatic heterocycles. The smallest absolute Gasteiger partial charge is 0.407 e. The predicted molar refractivity (Wildman–Crippen MR) is 97.0 cm³/mol. The molecule has 0 heterocycles. The van der Waals surface area contributed by atoms with Gasteiger partial charge in [0, 0.05) is 0 Å². The van der Waals surface area contributed by atoms with E-state index in [1.807, 2.05) is 27.7 Å². The van der Waals surface area contributed by atoms with Gasteiger partial charge in [0.2, 0.25) is 0 Å². The molecule has 142 valence electrons. The highest BCUT2D eigenvalue weighted by molar-refractivity contribution is 5.81. The number of hydrogen-bond donors (Lipinski definition) is 1. The molecule has 0 saturated carbocycles. The maximum atomic E-state index is 12.1. The van der Waals surface area contributed by atoms with Crippen molar-refractivity contribution in [3.63, 3.8) is 0 Å². The first-order chi connectivity index (χ1) is 11.3. The predicted octanol–water partition coefficient (Wildman–Crippen LogP) is 4.83. The quantitative estimate of drug-likeness (QED) is 0.407. The van der Waals surface area contributed by atoms with Crippen LogP contribution in [0.4, 0.5) is 4.79 Å². The Balaban J connectivity index is 4.06. The number of unbranched alkanes of at least 4 members (excludes halogenated alkanes) is 5. The Morgan fingerprint density at radius 3 is 2.12 bits per heavy atom. The van der Waals surface area contributed by atoms with Crippen molar-refractivity contribution >= 4 is 12.1 Å². The van der Waals surface area contributed by atoms with Gasteiger partial charge in [0.25, 0.3) is 0 Å². The van der Waals surface area contributed by atoms with Crippen molar-refractivity contribution in [3.8, 4) is 0 Å². The van der Waals surface area contributed by atoms with Gasteiger partial charge in [0.05, 0.1) is 13.2 Å². The maximum Gasteiger partial charge on any atom is 0.407 e. The molecule has 0 aliphatic rings. The summed E-state index contributed by atoms with van der Waals surface area (Å²) in [5, 5.41) is 2.62. The number of esters is 1. The third kappa shape index (κ3) is 13.2. The second-order valence-electron chi connectivity index (χ2n) is 7.56. The van der Waals surface area contributed by atoms with E-state index in [0.717, 1.165) is 19.3 Å². The summed E-state index contributed by atoms with van der Waals surface area (Å²) in [5.74, 6) is -0.363. The Morgan fingerprint density at radius 1 is 0.917 bits per heavy atom. The minimum absolute atomic E-state index is 0.101. The van der Waals surface area contributed by atoms with Crippen LogP contribution in [0.5, 0.6) is 0 Å². The highest BCUT2D eigenvalue weighted by atomic mass is 16.6. The molecule has 0 fully saturated rings. The van der Waals surface area contributed by atoms with E-state index < -0.39 is 12.1 Å². The molecule has 0 aromatic rings. The second-order valence-corrected chi connectivity index (χ2v) is 7.56. The van der Waals surface area contributed by atoms with Crippen molar-refractivity contribution in [1.29, 1.82) is 0 Å². The molecule has 1 unspecified atom stereocenters. The molecule has 0 spiro atoms. The van der Waals surface area contributed by atoms with Crippen LogP contribution in [0.1, 0.15) is 86.0 Å². The van der Waals surface area contributed by atoms with Crippen molar-refractivity contribution < 1.29 is 19.1 Å². The van der Waals surface area contributed by atoms with Crippen molar-refractivity contribution in [3.05, 3.63) is 0 Å². The zero-order valence-electron chi connectivity index (χ0n) is 16.3. The van der Waals surface area contributed by atoms with Gasteiger partial charge < -0.3 is 14.8 Å². The van der Waals surface area contributed by atoms with Crippen LogP contribution in [0.2, 0.25) is 0 Å². The minimum Gasteiger partial charge on any atom is -0.464 e. The number of ether oxygens (including phenoxy) is 2. The monoisotopic (exact) mass is 343 g/mol. The van der Waals surface area contributed by atoms with Crippen LogP contribution in [-0.2, 0) is 14.3 Å². The van der Waals surface area contributed by atoms with E-state index in [4.69, 9.17) is 9.47 Å². The molecular weight excluding hydrogens is 306 g/mol. The summed E-state index contributed by atoms with van der Waals surface area (Å²) in [7, 11) is 0. The zero-order valence-corrected chi connectivity index (χ0v) is 16.3. The molecule has 5 nitrogen and oxygen atoms in total. The summed E-state index contributed by atoms with van der Waals surface area (Å²) >= 11 is 0. The fraction of sp³-hybridized carbons (Fsp3) is 0.895. The lowest BCUT2D eigenvalue weighted by Crippen LogP contribution is -2.42. The molecule has 5 heteroatoms. The average Bonchev–Trinajstić information content (AvgIpc) is 2.51. The van der Waals surface area contributed by atoms with E-state index in [-0.39, 0.29) is 11.4 Å². The lowest BCUT2D eigenvalue weighted by atomic mass is 9.99. The maximum absolute atomic E-state index is 12.1. The SMILES string of the molecule is CCCCCCCCOC(=O)C(CCC)NC(=O)OCC(C)(C)C. The zero-order chi connectivity index (χ0) is 18.4. The summed E-state index contributed by atoms with van der Waals surface area (Å²) in [4.78, 5) is 23.9. The number of hydrogen-bond acceptors (Lipinski definition) is 4. The van der Waals surface area contributed by atoms with E-state index in [0.29, 0.717) is 19.6 Å². The molecule has 1 N–H and O–H groups in total. The van der Waals surface area contributed by atoms with Gasteiger partial charge in [-0.2, -0.15) is 0 Å². The molecule has 0 rings (SSSR count). The van der Waals surface area contributed by atoms with E-state index in [2.05, 4.69) is 12.2 Å². The summed E-state index contributed by atoms with van der Waals surface area (Å²) < 4.78 is 10.5. The number of alkyl carbamates (subject to hydrolysis) is 1. The Morgan fingerprint density at radius 2 is 1.54 bits per heavy atom. The lowest BCUT2D eigenvalue weighted by molar-refractivity contribution is -0.146. The third-order valence-corrected chi connectivity index (χ3v) is 3.53. The number of carbonyl (C=O) groups is 2. The van der Waals surface area contributed by atoms with E-state index in [1.165, 1.54) is 25.7 Å². The molecule has 0 bridgehead atoms. The van der Waals surface area contributed by atoms with Gasteiger partial charge >= 0.3 is 12.1 Å². The summed E-state index contributed by atoms with van der Waals surface area (Å²) in [6.45, 7) is 10.8. The number of rotatable bonds is 12. The molecule has 0 radical (unpaired) electrons. The lowest BCUT2D eigenvalue weighted by Gasteiger charge is -2.20. The summed E-state index contributed by atoms with van der Waals surface area (Å²) in [5.41, 5.74) is -0.101. The molecule has 1 atom stereocenters. The Bertz CT molecular complexity index is 350. The molecule has 0 aliphatic heterocycles. The molecule has 1 amide bonds. The number of nitrogens with one attached hydrogen (secondary N) is 1. The normalized spacial score (nSPS) is 12.5. The van der Waals surface area contributed by atoms with Gasteiger partial charge in [-0.25, -0.2) is 9.59 Å². The Labute approximate surface area is 147 Å². The van der Waals surface area contributed by atoms with Crippen LogP contribution in [0, 0.1) is 5.41 Å². The van der Waals surface area contributed by atoms with Crippen LogP contribution in [0.25, 0.3) is 0 Å². The van der Waals surface area contributed by atoms with Crippen molar-refractivity contribution in [2.24, 2.45) is 5.41 Å². The van der Waals surface area contributed by atoms with Gasteiger partial charge in [-0.05, 0) is 18.3 Å². The van der Waals surface area contributed by atoms with Gasteiger partial charge in [0.15, 0.2) is 0 Å².